The fourth-order valence-corrected chi connectivity index (χ4v) is 14.5. The number of hydrogen-bond donors (Lipinski definition) is 29. The number of carbonyl (C=O) groups excluding carboxylic acids is 4. The summed E-state index contributed by atoms with van der Waals surface area (Å²) in [6, 6.07) is -7.20. The van der Waals surface area contributed by atoms with Crippen LogP contribution in [0.15, 0.2) is 0 Å². The van der Waals surface area contributed by atoms with E-state index in [1.54, 1.807) is 0 Å². The van der Waals surface area contributed by atoms with Crippen molar-refractivity contribution >= 4 is 29.6 Å². The van der Waals surface area contributed by atoms with E-state index in [1.807, 2.05) is 0 Å². The Morgan fingerprint density at radius 1 is 0.257 bits per heavy atom. The van der Waals surface area contributed by atoms with Gasteiger partial charge >= 0.3 is 5.97 Å². The van der Waals surface area contributed by atoms with Gasteiger partial charge in [-0.2, -0.15) is 0 Å². The molecular weight excluding hydrogens is 1550 g/mol. The number of amides is 4. The molecule has 9 heterocycles. The van der Waals surface area contributed by atoms with Crippen LogP contribution in [0.5, 0.6) is 0 Å². The lowest BCUT2D eigenvalue weighted by Crippen LogP contribution is -2.71. The van der Waals surface area contributed by atoms with Crippen LogP contribution in [0.4, 0.5) is 0 Å². The lowest BCUT2D eigenvalue weighted by Gasteiger charge is -2.51. The number of carboxylic acid groups (broad SMARTS) is 1. The summed E-state index contributed by atoms with van der Waals surface area (Å²) in [6.07, 6.45) is -86.5. The molecule has 0 bridgehead atoms. The van der Waals surface area contributed by atoms with Crippen molar-refractivity contribution < 1.29 is 232 Å². The molecular formula is C62H102N4O47. The Morgan fingerprint density at radius 3 is 0.973 bits per heavy atom. The van der Waals surface area contributed by atoms with Crippen molar-refractivity contribution in [3.8, 4) is 0 Å². The molecule has 0 radical (unpaired) electrons. The maximum absolute atomic E-state index is 12.9. The van der Waals surface area contributed by atoms with E-state index in [-0.39, 0.29) is 0 Å². The van der Waals surface area contributed by atoms with Gasteiger partial charge in [0.1, 0.15) is 213 Å². The zero-order valence-electron chi connectivity index (χ0n) is 60.3. The molecule has 29 N–H and O–H groups in total. The zero-order chi connectivity index (χ0) is 83.4. The van der Waals surface area contributed by atoms with Gasteiger partial charge in [0, 0.05) is 27.7 Å². The first-order valence-corrected chi connectivity index (χ1v) is 35.6. The van der Waals surface area contributed by atoms with Crippen LogP contribution in [0, 0.1) is 0 Å². The molecule has 51 nitrogen and oxygen atoms in total. The molecule has 0 aromatic heterocycles. The van der Waals surface area contributed by atoms with Crippen molar-refractivity contribution in [1.29, 1.82) is 0 Å². The molecule has 9 aliphatic heterocycles. The summed E-state index contributed by atoms with van der Waals surface area (Å²) in [7, 11) is 0. The number of rotatable bonds is 29. The van der Waals surface area contributed by atoms with Crippen LogP contribution in [0.1, 0.15) is 27.7 Å². The van der Waals surface area contributed by atoms with Gasteiger partial charge in [-0.05, 0) is 0 Å². The zero-order valence-corrected chi connectivity index (χ0v) is 60.3. The molecule has 9 saturated heterocycles. The first-order chi connectivity index (χ1) is 53.4. The molecule has 9 aliphatic rings. The summed E-state index contributed by atoms with van der Waals surface area (Å²) in [5.74, 6) is -5.36. The molecule has 652 valence electrons. The molecule has 0 aliphatic carbocycles. The van der Waals surface area contributed by atoms with E-state index in [2.05, 4.69) is 21.3 Å². The third-order valence-electron chi connectivity index (χ3n) is 20.3. The first-order valence-electron chi connectivity index (χ1n) is 35.6. The van der Waals surface area contributed by atoms with E-state index >= 15 is 0 Å². The van der Waals surface area contributed by atoms with E-state index < -0.39 is 359 Å². The van der Waals surface area contributed by atoms with Gasteiger partial charge in [0.25, 0.3) is 0 Å². The highest BCUT2D eigenvalue weighted by Gasteiger charge is 2.61. The van der Waals surface area contributed by atoms with Crippen molar-refractivity contribution in [3.05, 3.63) is 0 Å². The third-order valence-corrected chi connectivity index (χ3v) is 20.3. The summed E-state index contributed by atoms with van der Waals surface area (Å²) in [4.78, 5) is 62.1. The summed E-state index contributed by atoms with van der Waals surface area (Å²) in [5, 5.41) is 286. The monoisotopic (exact) mass is 1650 g/mol. The smallest absolute Gasteiger partial charge is 0.335 e. The van der Waals surface area contributed by atoms with Gasteiger partial charge in [-0.15, -0.1) is 0 Å². The highest BCUT2D eigenvalue weighted by Crippen LogP contribution is 2.40. The van der Waals surface area contributed by atoms with Crippen molar-refractivity contribution in [3.63, 3.8) is 0 Å². The Labute approximate surface area is 638 Å². The molecule has 9 fully saturated rings. The van der Waals surface area contributed by atoms with Crippen molar-refractivity contribution in [2.24, 2.45) is 0 Å². The average Bonchev–Trinajstić information content (AvgIpc) is 0.770. The molecule has 0 aromatic rings. The highest BCUT2D eigenvalue weighted by molar-refractivity contribution is 5.75. The molecule has 45 atom stereocenters. The van der Waals surface area contributed by atoms with E-state index in [1.165, 1.54) is 0 Å². The van der Waals surface area contributed by atoms with E-state index in [9.17, 15) is 152 Å². The number of carbonyl (C=O) groups is 5. The normalized spacial score (nSPS) is 48.5. The number of carboxylic acids is 1. The van der Waals surface area contributed by atoms with Gasteiger partial charge in [0.2, 0.25) is 23.6 Å². The molecule has 0 aromatic carbocycles. The molecule has 0 unspecified atom stereocenters. The fourth-order valence-electron chi connectivity index (χ4n) is 14.5. The third kappa shape index (κ3) is 20.4. The summed E-state index contributed by atoms with van der Waals surface area (Å²) in [6.45, 7) is -5.01. The maximum Gasteiger partial charge on any atom is 0.335 e. The van der Waals surface area contributed by atoms with Gasteiger partial charge in [-0.1, -0.05) is 0 Å². The van der Waals surface area contributed by atoms with E-state index in [0.717, 1.165) is 27.7 Å². The van der Waals surface area contributed by atoms with Crippen molar-refractivity contribution in [1.82, 2.24) is 21.3 Å². The largest absolute Gasteiger partial charge is 0.479 e. The van der Waals surface area contributed by atoms with E-state index in [4.69, 9.17) is 80.5 Å². The number of aliphatic carboxylic acids is 1. The van der Waals surface area contributed by atoms with Crippen LogP contribution in [0.25, 0.3) is 0 Å². The number of ether oxygens (including phenoxy) is 17. The van der Waals surface area contributed by atoms with Crippen LogP contribution in [-0.2, 0) is 104 Å². The summed E-state index contributed by atoms with van der Waals surface area (Å²) in [5.41, 5.74) is 0. The molecule has 0 spiro atoms. The van der Waals surface area contributed by atoms with Gasteiger partial charge in [0.15, 0.2) is 62.7 Å². The SMILES string of the molecule is CC(=O)N[C@@H]1[C@@H](O)[C@H](O[C@@H]2O[C@H](CO)[C@@H](O[C@@H]3O[C@H](CO[C@H]4O[C@H](CO)[C@@H](O)[C@H](O)[C@@H]4O[C@@H]4O[C@H](CO)[C@@H](O)[C@H](O)[C@H]4NC(C)=O)[C@@H](O)[C@H](O[C@H]4O[C@H](CO)[C@@H](O[C@@H]5O[C@H](CO)[C@@H](O[C@@H]6O[C@H](CO)[C@H](O)[C@H](O[C@@H]7O[C@H](C(=O)O)[C@@H](O)[C@H](O)[C@H]7O)[C@H]6O)[C@H](O)[C@H]5NC(C)=O)[C@H](O)[C@@H]4O)[C@@H]3O)[C@H](O)[C@H]2NC(C)=O)[C@@H](CO)O[C@H]1O. The first kappa shape index (κ1) is 92.6. The Balaban J connectivity index is 0.983. The molecule has 0 saturated carbocycles. The Hall–Kier alpha value is -4.29. The number of aliphatic hydroxyl groups is 24. The lowest BCUT2D eigenvalue weighted by molar-refractivity contribution is -0.394. The molecule has 51 heteroatoms. The maximum atomic E-state index is 12.9. The minimum absolute atomic E-state index is 0.781. The highest BCUT2D eigenvalue weighted by atomic mass is 16.8. The molecule has 113 heavy (non-hydrogen) atoms. The predicted molar refractivity (Wildman–Crippen MR) is 344 cm³/mol. The van der Waals surface area contributed by atoms with Crippen LogP contribution in [0.3, 0.4) is 0 Å². The average molecular weight is 1660 g/mol. The van der Waals surface area contributed by atoms with Gasteiger partial charge in [-0.3, -0.25) is 19.2 Å². The number of nitrogens with one attached hydrogen (secondary N) is 4. The fraction of sp³-hybridized carbons (Fsp3) is 0.919. The summed E-state index contributed by atoms with van der Waals surface area (Å²) >= 11 is 0. The minimum Gasteiger partial charge on any atom is -0.479 e. The van der Waals surface area contributed by atoms with Crippen LogP contribution in [0.2, 0.25) is 0 Å². The minimum atomic E-state index is -2.52. The Morgan fingerprint density at radius 2 is 0.540 bits per heavy atom. The number of aliphatic hydroxyl groups excluding tert-OH is 24. The van der Waals surface area contributed by atoms with Crippen LogP contribution >= 0.6 is 0 Å². The quantitative estimate of drug-likeness (QED) is 0.0331. The topological polar surface area (TPSA) is 796 Å². The van der Waals surface area contributed by atoms with Crippen LogP contribution in [-0.4, -0.2) is 486 Å². The van der Waals surface area contributed by atoms with Gasteiger partial charge in [-0.25, -0.2) is 4.79 Å². The standard InChI is InChI=1S/C62H102N4O47/c1-13(74)63-25-34(83)45(20(8-70)98-54(25)96)106-56-27(65-15(3)76)35(84)47(22(10-72)102-56)109-61-44(93)50(32(81)24(105-61)12-97-62-52(38(87)30(79)18(6-68)101-62)113-55-26(64-14(2)75)33(82)29(78)17(5-67)99-55)110-58-42(91)40(89)48(23(11-73)104-58)107-57-28(66-16(4)77)36(85)46(21(9-71)103-57)108-60-43(92)49(31(80)19(7-69)100-60)111-59-41(90)37(86)39(88)51(112-59)53(94)95/h17-52,54-62,67-73,78-93,96H,5-12H2,1-4H3,(H,63,74)(H,64,75)(H,65,76)(H,66,77)(H,94,95)/t17-,18-,19-,20-,21-,22-,23-,24-,25-,26-,27-,28-,29-,30-,31+,32-,33-,34-,35-,36-,37+,38+,39+,40-,41-,42+,43-,44+,45-,46-,47-,48-,49+,50+,51+,52+,54-,55+,56+,57+,58-,59-,60+,61+,62+/m1/s1. The van der Waals surface area contributed by atoms with E-state index in [0.29, 0.717) is 0 Å². The second-order valence-electron chi connectivity index (χ2n) is 28.2. The van der Waals surface area contributed by atoms with Gasteiger partial charge < -0.3 is 229 Å². The number of hydrogen-bond acceptors (Lipinski definition) is 46. The van der Waals surface area contributed by atoms with Crippen molar-refractivity contribution in [2.75, 3.05) is 52.9 Å². The van der Waals surface area contributed by atoms with Crippen LogP contribution < -0.4 is 21.3 Å². The Bertz CT molecular complexity index is 3060. The second-order valence-corrected chi connectivity index (χ2v) is 28.2. The summed E-state index contributed by atoms with van der Waals surface area (Å²) < 4.78 is 99.1. The van der Waals surface area contributed by atoms with Gasteiger partial charge in [0.05, 0.1) is 52.9 Å². The predicted octanol–water partition coefficient (Wildman–Crippen LogP) is -20.0. The second kappa shape index (κ2) is 40.2. The lowest BCUT2D eigenvalue weighted by atomic mass is 9.93. The Kier molecular flexibility index (Phi) is 32.9. The molecule has 9 rings (SSSR count). The molecule has 4 amide bonds. The van der Waals surface area contributed by atoms with Crippen molar-refractivity contribution in [2.45, 2.75) is 304 Å².